The molecule has 1 aliphatic rings. The van der Waals surface area contributed by atoms with Crippen LogP contribution in [-0.4, -0.2) is 60.2 Å². The van der Waals surface area contributed by atoms with Gasteiger partial charge in [0.1, 0.15) is 0 Å². The summed E-state index contributed by atoms with van der Waals surface area (Å²) in [7, 11) is 0. The van der Waals surface area contributed by atoms with E-state index in [0.29, 0.717) is 37.3 Å². The fraction of sp³-hybridized carbons (Fsp3) is 0.286. The van der Waals surface area contributed by atoms with Crippen LogP contribution in [-0.2, 0) is 4.79 Å². The number of carbonyl (C=O) groups is 3. The molecular weight excluding hydrogens is 422 g/mol. The van der Waals surface area contributed by atoms with Gasteiger partial charge in [-0.25, -0.2) is 0 Å². The first-order valence-electron chi connectivity index (χ1n) is 9.20. The summed E-state index contributed by atoms with van der Waals surface area (Å²) in [6.07, 6.45) is 0.245. The minimum atomic E-state index is -0.196. The highest BCUT2D eigenvalue weighted by atomic mass is 79.9. The molecule has 1 heterocycles. The Labute approximate surface area is 172 Å². The highest BCUT2D eigenvalue weighted by Gasteiger charge is 2.24. The van der Waals surface area contributed by atoms with Crippen molar-refractivity contribution >= 4 is 33.7 Å². The van der Waals surface area contributed by atoms with Gasteiger partial charge in [-0.15, -0.1) is 0 Å². The number of nitrogens with zero attached hydrogens (tertiary/aromatic N) is 2. The molecule has 28 heavy (non-hydrogen) atoms. The molecule has 7 heteroatoms. The lowest BCUT2D eigenvalue weighted by molar-refractivity contribution is -0.132. The maximum absolute atomic E-state index is 12.5. The molecule has 3 rings (SSSR count). The molecule has 0 atom stereocenters. The summed E-state index contributed by atoms with van der Waals surface area (Å²) in [5, 5.41) is 2.77. The largest absolute Gasteiger partial charge is 0.352 e. The number of benzene rings is 2. The maximum atomic E-state index is 12.5. The lowest BCUT2D eigenvalue weighted by Crippen LogP contribution is -2.51. The Morgan fingerprint density at radius 1 is 0.821 bits per heavy atom. The summed E-state index contributed by atoms with van der Waals surface area (Å²) >= 11 is 3.33. The fourth-order valence-electron chi connectivity index (χ4n) is 3.07. The summed E-state index contributed by atoms with van der Waals surface area (Å²) < 4.78 is 0.907. The molecule has 1 fully saturated rings. The molecule has 0 unspecified atom stereocenters. The Kier molecular flexibility index (Phi) is 6.81. The smallest absolute Gasteiger partial charge is 0.253 e. The van der Waals surface area contributed by atoms with Crippen molar-refractivity contribution in [2.75, 3.05) is 32.7 Å². The lowest BCUT2D eigenvalue weighted by atomic mass is 10.2. The summed E-state index contributed by atoms with van der Waals surface area (Å²) in [4.78, 5) is 40.4. The standard InChI is InChI=1S/C21H22BrN3O3/c22-18-8-6-16(7-9-18)20(27)23-11-10-19(26)24-12-14-25(15-13-24)21(28)17-4-2-1-3-5-17/h1-9H,10-15H2,(H,23,27). The van der Waals surface area contributed by atoms with Crippen molar-refractivity contribution in [2.24, 2.45) is 0 Å². The highest BCUT2D eigenvalue weighted by Crippen LogP contribution is 2.11. The van der Waals surface area contributed by atoms with Gasteiger partial charge in [-0.2, -0.15) is 0 Å². The third-order valence-electron chi connectivity index (χ3n) is 4.67. The molecule has 0 saturated carbocycles. The molecule has 2 aromatic carbocycles. The zero-order chi connectivity index (χ0) is 19.9. The van der Waals surface area contributed by atoms with E-state index >= 15 is 0 Å². The Hall–Kier alpha value is -2.67. The lowest BCUT2D eigenvalue weighted by Gasteiger charge is -2.35. The SMILES string of the molecule is O=C(NCCC(=O)N1CCN(C(=O)c2ccccc2)CC1)c1ccc(Br)cc1. The molecule has 3 amide bonds. The Morgan fingerprint density at radius 2 is 1.43 bits per heavy atom. The summed E-state index contributed by atoms with van der Waals surface area (Å²) in [5.74, 6) is -0.212. The number of rotatable bonds is 5. The quantitative estimate of drug-likeness (QED) is 0.771. The minimum absolute atomic E-state index is 0.00513. The van der Waals surface area contributed by atoms with Crippen LogP contribution in [0, 0.1) is 0 Å². The van der Waals surface area contributed by atoms with Crippen LogP contribution in [0.4, 0.5) is 0 Å². The second kappa shape index (κ2) is 9.50. The summed E-state index contributed by atoms with van der Waals surface area (Å²) in [6, 6.07) is 16.2. The van der Waals surface area contributed by atoms with Crippen molar-refractivity contribution in [1.82, 2.24) is 15.1 Å². The van der Waals surface area contributed by atoms with E-state index in [1.54, 1.807) is 46.2 Å². The molecule has 1 N–H and O–H groups in total. The Morgan fingerprint density at radius 3 is 2.07 bits per heavy atom. The number of piperazine rings is 1. The maximum Gasteiger partial charge on any atom is 0.253 e. The van der Waals surface area contributed by atoms with Gasteiger partial charge in [0.05, 0.1) is 0 Å². The molecule has 2 aromatic rings. The van der Waals surface area contributed by atoms with Gasteiger partial charge in [-0.05, 0) is 36.4 Å². The van der Waals surface area contributed by atoms with Gasteiger partial charge in [0, 0.05) is 54.7 Å². The zero-order valence-corrected chi connectivity index (χ0v) is 17.0. The van der Waals surface area contributed by atoms with Gasteiger partial charge in [-0.1, -0.05) is 34.1 Å². The number of hydrogen-bond donors (Lipinski definition) is 1. The molecule has 0 radical (unpaired) electrons. The van der Waals surface area contributed by atoms with E-state index in [-0.39, 0.29) is 30.7 Å². The monoisotopic (exact) mass is 443 g/mol. The van der Waals surface area contributed by atoms with Crippen molar-refractivity contribution < 1.29 is 14.4 Å². The number of hydrogen-bond acceptors (Lipinski definition) is 3. The third-order valence-corrected chi connectivity index (χ3v) is 5.20. The number of amides is 3. The van der Waals surface area contributed by atoms with Crippen molar-refractivity contribution in [3.63, 3.8) is 0 Å². The van der Waals surface area contributed by atoms with Crippen LogP contribution in [0.2, 0.25) is 0 Å². The van der Waals surface area contributed by atoms with Crippen LogP contribution in [0.25, 0.3) is 0 Å². The van der Waals surface area contributed by atoms with Gasteiger partial charge < -0.3 is 15.1 Å². The molecule has 6 nitrogen and oxygen atoms in total. The second-order valence-corrected chi connectivity index (χ2v) is 7.47. The topological polar surface area (TPSA) is 69.7 Å². The zero-order valence-electron chi connectivity index (χ0n) is 15.4. The molecule has 146 valence electrons. The molecule has 1 aliphatic heterocycles. The second-order valence-electron chi connectivity index (χ2n) is 6.55. The average molecular weight is 444 g/mol. The van der Waals surface area contributed by atoms with E-state index in [9.17, 15) is 14.4 Å². The van der Waals surface area contributed by atoms with Crippen LogP contribution in [0.3, 0.4) is 0 Å². The Balaban J connectivity index is 1.41. The average Bonchev–Trinajstić information content (AvgIpc) is 2.74. The van der Waals surface area contributed by atoms with Crippen LogP contribution in [0.1, 0.15) is 27.1 Å². The summed E-state index contributed by atoms with van der Waals surface area (Å²) in [6.45, 7) is 2.35. The van der Waals surface area contributed by atoms with E-state index < -0.39 is 0 Å². The molecule has 0 spiro atoms. The van der Waals surface area contributed by atoms with E-state index in [1.165, 1.54) is 0 Å². The van der Waals surface area contributed by atoms with Gasteiger partial charge in [-0.3, -0.25) is 14.4 Å². The van der Waals surface area contributed by atoms with Crippen molar-refractivity contribution in [1.29, 1.82) is 0 Å². The first-order valence-corrected chi connectivity index (χ1v) is 10.00. The first kappa shape index (κ1) is 20.1. The summed E-state index contributed by atoms with van der Waals surface area (Å²) in [5.41, 5.74) is 1.22. The van der Waals surface area contributed by atoms with E-state index in [0.717, 1.165) is 4.47 Å². The molecule has 0 aliphatic carbocycles. The fourth-order valence-corrected chi connectivity index (χ4v) is 3.33. The van der Waals surface area contributed by atoms with Crippen LogP contribution in [0.15, 0.2) is 59.1 Å². The van der Waals surface area contributed by atoms with E-state index in [2.05, 4.69) is 21.2 Å². The van der Waals surface area contributed by atoms with E-state index in [1.807, 2.05) is 18.2 Å². The number of halogens is 1. The molecule has 0 aromatic heterocycles. The minimum Gasteiger partial charge on any atom is -0.352 e. The Bertz CT molecular complexity index is 832. The highest BCUT2D eigenvalue weighted by molar-refractivity contribution is 9.10. The first-order chi connectivity index (χ1) is 13.5. The predicted octanol–water partition coefficient (Wildman–Crippen LogP) is 2.55. The normalized spacial score (nSPS) is 13.9. The van der Waals surface area contributed by atoms with Crippen molar-refractivity contribution in [2.45, 2.75) is 6.42 Å². The van der Waals surface area contributed by atoms with Crippen molar-refractivity contribution in [3.05, 3.63) is 70.2 Å². The molecule has 1 saturated heterocycles. The van der Waals surface area contributed by atoms with Crippen molar-refractivity contribution in [3.8, 4) is 0 Å². The van der Waals surface area contributed by atoms with Crippen LogP contribution >= 0.6 is 15.9 Å². The van der Waals surface area contributed by atoms with Crippen LogP contribution in [0.5, 0.6) is 0 Å². The number of nitrogens with one attached hydrogen (secondary N) is 1. The number of carbonyl (C=O) groups excluding carboxylic acids is 3. The molecule has 0 bridgehead atoms. The van der Waals surface area contributed by atoms with Gasteiger partial charge in [0.15, 0.2) is 0 Å². The molecular formula is C21H22BrN3O3. The van der Waals surface area contributed by atoms with E-state index in [4.69, 9.17) is 0 Å². The van der Waals surface area contributed by atoms with Gasteiger partial charge in [0.2, 0.25) is 5.91 Å². The third kappa shape index (κ3) is 5.19. The van der Waals surface area contributed by atoms with Crippen LogP contribution < -0.4 is 5.32 Å². The predicted molar refractivity (Wildman–Crippen MR) is 110 cm³/mol. The van der Waals surface area contributed by atoms with Gasteiger partial charge >= 0.3 is 0 Å². The van der Waals surface area contributed by atoms with Gasteiger partial charge in [0.25, 0.3) is 11.8 Å².